The molecule has 3 rings (SSSR count). The Bertz CT molecular complexity index is 977. The Labute approximate surface area is 134 Å². The zero-order valence-electron chi connectivity index (χ0n) is 13.0. The van der Waals surface area contributed by atoms with Crippen LogP contribution in [0.4, 0.5) is 5.69 Å². The van der Waals surface area contributed by atoms with Crippen molar-refractivity contribution < 1.29 is 13.2 Å². The topological polar surface area (TPSA) is 84.1 Å². The van der Waals surface area contributed by atoms with E-state index in [1.54, 1.807) is 43.5 Å². The molecule has 120 valence electrons. The van der Waals surface area contributed by atoms with Gasteiger partial charge < -0.3 is 4.74 Å². The molecule has 0 fully saturated rings. The molecule has 0 unspecified atom stereocenters. The van der Waals surface area contributed by atoms with Crippen molar-refractivity contribution in [2.45, 2.75) is 18.7 Å². The van der Waals surface area contributed by atoms with Gasteiger partial charge in [-0.2, -0.15) is 5.10 Å². The first kappa shape index (κ1) is 15.4. The third-order valence-electron chi connectivity index (χ3n) is 3.68. The normalized spacial score (nSPS) is 11.6. The van der Waals surface area contributed by atoms with Gasteiger partial charge in [0.1, 0.15) is 5.75 Å². The van der Waals surface area contributed by atoms with Gasteiger partial charge in [-0.1, -0.05) is 6.07 Å². The number of benzene rings is 2. The van der Waals surface area contributed by atoms with Crippen LogP contribution in [0, 0.1) is 13.8 Å². The van der Waals surface area contributed by atoms with Gasteiger partial charge in [-0.3, -0.25) is 9.82 Å². The summed E-state index contributed by atoms with van der Waals surface area (Å²) in [4.78, 5) is 0.199. The lowest BCUT2D eigenvalue weighted by molar-refractivity contribution is 0.410. The van der Waals surface area contributed by atoms with Crippen LogP contribution in [-0.4, -0.2) is 25.7 Å². The Morgan fingerprint density at radius 3 is 2.65 bits per heavy atom. The second-order valence-electron chi connectivity index (χ2n) is 5.36. The number of H-pyrrole nitrogens is 1. The van der Waals surface area contributed by atoms with Crippen LogP contribution in [0.15, 0.2) is 41.4 Å². The monoisotopic (exact) mass is 331 g/mol. The summed E-state index contributed by atoms with van der Waals surface area (Å²) in [6.45, 7) is 3.64. The lowest BCUT2D eigenvalue weighted by Gasteiger charge is -2.13. The summed E-state index contributed by atoms with van der Waals surface area (Å²) in [5.41, 5.74) is 2.80. The Morgan fingerprint density at radius 1 is 1.13 bits per heavy atom. The first-order valence-electron chi connectivity index (χ1n) is 7.02. The predicted octanol–water partition coefficient (Wildman–Crippen LogP) is 2.99. The van der Waals surface area contributed by atoms with E-state index in [0.717, 1.165) is 16.5 Å². The predicted molar refractivity (Wildman–Crippen MR) is 89.4 cm³/mol. The van der Waals surface area contributed by atoms with Gasteiger partial charge in [-0.05, 0) is 43.2 Å². The fourth-order valence-electron chi connectivity index (χ4n) is 2.53. The molecule has 1 aromatic heterocycles. The van der Waals surface area contributed by atoms with Crippen LogP contribution in [0.25, 0.3) is 10.9 Å². The van der Waals surface area contributed by atoms with E-state index in [4.69, 9.17) is 4.74 Å². The third kappa shape index (κ3) is 2.87. The van der Waals surface area contributed by atoms with Crippen molar-refractivity contribution in [2.24, 2.45) is 0 Å². The molecule has 0 aliphatic carbocycles. The molecule has 0 amide bonds. The zero-order valence-corrected chi connectivity index (χ0v) is 13.9. The summed E-state index contributed by atoms with van der Waals surface area (Å²) < 4.78 is 33.2. The molecule has 3 aromatic rings. The zero-order chi connectivity index (χ0) is 16.6. The molecule has 0 saturated heterocycles. The van der Waals surface area contributed by atoms with Crippen molar-refractivity contribution in [3.8, 4) is 5.75 Å². The van der Waals surface area contributed by atoms with E-state index in [2.05, 4.69) is 14.9 Å². The summed E-state index contributed by atoms with van der Waals surface area (Å²) in [7, 11) is -2.19. The lowest BCUT2D eigenvalue weighted by atomic mass is 10.1. The number of nitrogens with one attached hydrogen (secondary N) is 2. The van der Waals surface area contributed by atoms with Gasteiger partial charge in [0.25, 0.3) is 10.0 Å². The number of aryl methyl sites for hydroxylation is 2. The number of fused-ring (bicyclic) bond motifs is 1. The minimum atomic E-state index is -3.71. The summed E-state index contributed by atoms with van der Waals surface area (Å²) in [5, 5.41) is 7.66. The van der Waals surface area contributed by atoms with Crippen molar-refractivity contribution in [1.29, 1.82) is 0 Å². The molecular formula is C16H17N3O3S. The number of aromatic nitrogens is 2. The quantitative estimate of drug-likeness (QED) is 0.770. The summed E-state index contributed by atoms with van der Waals surface area (Å²) in [5.74, 6) is 0.542. The highest BCUT2D eigenvalue weighted by atomic mass is 32.2. The third-order valence-corrected chi connectivity index (χ3v) is 5.20. The van der Waals surface area contributed by atoms with E-state index in [1.807, 2.05) is 6.92 Å². The number of sulfonamides is 1. The SMILES string of the molecule is COc1cc(S(=O)(=O)Nc2ccc3cn[nH]c3c2)c(C)cc1C. The van der Waals surface area contributed by atoms with Crippen LogP contribution < -0.4 is 9.46 Å². The molecule has 0 spiro atoms. The van der Waals surface area contributed by atoms with Gasteiger partial charge in [0, 0.05) is 11.5 Å². The minimum Gasteiger partial charge on any atom is -0.496 e. The Hall–Kier alpha value is -2.54. The lowest BCUT2D eigenvalue weighted by Crippen LogP contribution is -2.14. The van der Waals surface area contributed by atoms with Gasteiger partial charge in [-0.25, -0.2) is 8.42 Å². The standard InChI is InChI=1S/C16H17N3O3S/c1-10-6-11(2)16(8-15(10)22-3)23(20,21)19-13-5-4-12-9-17-18-14(12)7-13/h4-9,19H,1-3H3,(H,17,18). The smallest absolute Gasteiger partial charge is 0.262 e. The molecule has 6 nitrogen and oxygen atoms in total. The number of aromatic amines is 1. The van der Waals surface area contributed by atoms with Crippen molar-refractivity contribution in [1.82, 2.24) is 10.2 Å². The first-order valence-corrected chi connectivity index (χ1v) is 8.50. The molecular weight excluding hydrogens is 314 g/mol. The molecule has 0 atom stereocenters. The summed E-state index contributed by atoms with van der Waals surface area (Å²) >= 11 is 0. The van der Waals surface area contributed by atoms with E-state index in [0.29, 0.717) is 17.0 Å². The van der Waals surface area contributed by atoms with E-state index < -0.39 is 10.0 Å². The van der Waals surface area contributed by atoms with Crippen molar-refractivity contribution in [3.05, 3.63) is 47.7 Å². The van der Waals surface area contributed by atoms with Crippen LogP contribution in [0.1, 0.15) is 11.1 Å². The van der Waals surface area contributed by atoms with Crippen LogP contribution in [-0.2, 0) is 10.0 Å². The highest BCUT2D eigenvalue weighted by molar-refractivity contribution is 7.92. The number of hydrogen-bond acceptors (Lipinski definition) is 4. The van der Waals surface area contributed by atoms with Crippen LogP contribution in [0.5, 0.6) is 5.75 Å². The van der Waals surface area contributed by atoms with E-state index >= 15 is 0 Å². The van der Waals surface area contributed by atoms with Crippen LogP contribution in [0.2, 0.25) is 0 Å². The number of anilines is 1. The second kappa shape index (κ2) is 5.58. The number of hydrogen-bond donors (Lipinski definition) is 2. The fourth-order valence-corrected chi connectivity index (χ4v) is 3.83. The van der Waals surface area contributed by atoms with E-state index in [1.165, 1.54) is 7.11 Å². The van der Waals surface area contributed by atoms with Gasteiger partial charge in [0.15, 0.2) is 0 Å². The minimum absolute atomic E-state index is 0.199. The maximum atomic E-state index is 12.7. The Morgan fingerprint density at radius 2 is 1.91 bits per heavy atom. The number of rotatable bonds is 4. The molecule has 7 heteroatoms. The van der Waals surface area contributed by atoms with Gasteiger partial charge in [-0.15, -0.1) is 0 Å². The highest BCUT2D eigenvalue weighted by Crippen LogP contribution is 2.28. The van der Waals surface area contributed by atoms with Crippen LogP contribution in [0.3, 0.4) is 0 Å². The average molecular weight is 331 g/mol. The molecule has 1 heterocycles. The van der Waals surface area contributed by atoms with Crippen LogP contribution >= 0.6 is 0 Å². The fraction of sp³-hybridized carbons (Fsp3) is 0.188. The number of methoxy groups -OCH3 is 1. The Kier molecular flexibility index (Phi) is 3.73. The van der Waals surface area contributed by atoms with Gasteiger partial charge in [0.05, 0.1) is 29.4 Å². The molecule has 2 aromatic carbocycles. The maximum Gasteiger partial charge on any atom is 0.262 e. The molecule has 0 aliphatic rings. The second-order valence-corrected chi connectivity index (χ2v) is 7.02. The largest absolute Gasteiger partial charge is 0.496 e. The Balaban J connectivity index is 2.01. The van der Waals surface area contributed by atoms with E-state index in [-0.39, 0.29) is 4.90 Å². The van der Waals surface area contributed by atoms with Gasteiger partial charge in [0.2, 0.25) is 0 Å². The molecule has 2 N–H and O–H groups in total. The van der Waals surface area contributed by atoms with E-state index in [9.17, 15) is 8.42 Å². The highest BCUT2D eigenvalue weighted by Gasteiger charge is 2.19. The average Bonchev–Trinajstić information content (AvgIpc) is 2.94. The molecule has 0 radical (unpaired) electrons. The summed E-state index contributed by atoms with van der Waals surface area (Å²) in [6, 6.07) is 8.56. The molecule has 0 bridgehead atoms. The first-order chi connectivity index (χ1) is 10.9. The molecule has 23 heavy (non-hydrogen) atoms. The summed E-state index contributed by atoms with van der Waals surface area (Å²) in [6.07, 6.45) is 1.68. The van der Waals surface area contributed by atoms with Crippen molar-refractivity contribution in [3.63, 3.8) is 0 Å². The van der Waals surface area contributed by atoms with Crippen molar-refractivity contribution >= 4 is 26.6 Å². The number of ether oxygens (including phenoxy) is 1. The van der Waals surface area contributed by atoms with Gasteiger partial charge >= 0.3 is 0 Å². The maximum absolute atomic E-state index is 12.7. The number of nitrogens with zero attached hydrogens (tertiary/aromatic N) is 1. The molecule has 0 aliphatic heterocycles. The molecule has 0 saturated carbocycles. The van der Waals surface area contributed by atoms with Crippen molar-refractivity contribution in [2.75, 3.05) is 11.8 Å².